The minimum absolute atomic E-state index is 0.0579. The van der Waals surface area contributed by atoms with Crippen LogP contribution in [-0.4, -0.2) is 48.9 Å². The van der Waals surface area contributed by atoms with Crippen molar-refractivity contribution < 1.29 is 23.9 Å². The normalized spacial score (nSPS) is 14.9. The van der Waals surface area contributed by atoms with Crippen molar-refractivity contribution in [3.63, 3.8) is 0 Å². The average molecular weight is 395 g/mol. The Hall–Kier alpha value is -3.68. The van der Waals surface area contributed by atoms with Gasteiger partial charge in [-0.15, -0.1) is 0 Å². The lowest BCUT2D eigenvalue weighted by Crippen LogP contribution is -2.42. The van der Waals surface area contributed by atoms with E-state index in [0.717, 1.165) is 10.5 Å². The molecule has 2 aromatic carbocycles. The smallest absolute Gasteiger partial charge is 0.339 e. The van der Waals surface area contributed by atoms with E-state index in [4.69, 9.17) is 4.74 Å². The number of methoxy groups -OCH3 is 1. The molecule has 0 unspecified atom stereocenters. The minimum atomic E-state index is -1.03. The summed E-state index contributed by atoms with van der Waals surface area (Å²) in [6, 6.07) is 14.9. The molecule has 1 fully saturated rings. The lowest BCUT2D eigenvalue weighted by atomic mass is 10.0. The van der Waals surface area contributed by atoms with Gasteiger partial charge in [-0.05, 0) is 35.7 Å². The van der Waals surface area contributed by atoms with Gasteiger partial charge in [0.05, 0.1) is 12.8 Å². The third-order valence-corrected chi connectivity index (χ3v) is 4.66. The van der Waals surface area contributed by atoms with Crippen molar-refractivity contribution in [2.75, 3.05) is 25.1 Å². The topological polar surface area (TPSA) is 96.0 Å². The van der Waals surface area contributed by atoms with E-state index in [9.17, 15) is 19.2 Å². The van der Waals surface area contributed by atoms with Crippen molar-refractivity contribution >= 4 is 29.4 Å². The standard InChI is InChI=1S/C21H21N3O5/c1-14(15-6-4-3-5-7-15)12-22-18(25)13-23-19(26)20(27)24(21(23)28)16-8-10-17(29-2)11-9-16/h3-11,14H,12-13H2,1-2H3,(H,22,25)/t14-/m1/s1. The van der Waals surface area contributed by atoms with Crippen LogP contribution in [0, 0.1) is 0 Å². The number of urea groups is 1. The number of carbonyl (C=O) groups excluding carboxylic acids is 4. The highest BCUT2D eigenvalue weighted by molar-refractivity contribution is 6.53. The first-order chi connectivity index (χ1) is 13.9. The largest absolute Gasteiger partial charge is 0.497 e. The van der Waals surface area contributed by atoms with Gasteiger partial charge in [-0.2, -0.15) is 0 Å². The molecule has 0 aliphatic carbocycles. The zero-order valence-corrected chi connectivity index (χ0v) is 16.1. The Labute approximate surface area is 168 Å². The van der Waals surface area contributed by atoms with Gasteiger partial charge in [0, 0.05) is 6.54 Å². The van der Waals surface area contributed by atoms with Crippen molar-refractivity contribution in [2.45, 2.75) is 12.8 Å². The van der Waals surface area contributed by atoms with E-state index in [1.807, 2.05) is 37.3 Å². The third-order valence-electron chi connectivity index (χ3n) is 4.66. The van der Waals surface area contributed by atoms with Crippen LogP contribution in [0.2, 0.25) is 0 Å². The fourth-order valence-corrected chi connectivity index (χ4v) is 2.97. The number of rotatable bonds is 7. The maximum atomic E-state index is 12.6. The number of imide groups is 2. The van der Waals surface area contributed by atoms with E-state index in [1.54, 1.807) is 12.1 Å². The molecule has 0 bridgehead atoms. The molecule has 5 amide bonds. The molecule has 0 aromatic heterocycles. The molecular weight excluding hydrogens is 374 g/mol. The van der Waals surface area contributed by atoms with E-state index in [-0.39, 0.29) is 11.6 Å². The van der Waals surface area contributed by atoms with Crippen LogP contribution in [0.15, 0.2) is 54.6 Å². The van der Waals surface area contributed by atoms with Gasteiger partial charge in [-0.1, -0.05) is 37.3 Å². The zero-order chi connectivity index (χ0) is 21.0. The van der Waals surface area contributed by atoms with Crippen molar-refractivity contribution in [2.24, 2.45) is 0 Å². The Bertz CT molecular complexity index is 927. The van der Waals surface area contributed by atoms with E-state index < -0.39 is 30.3 Å². The second kappa shape index (κ2) is 8.55. The summed E-state index contributed by atoms with van der Waals surface area (Å²) in [5, 5.41) is 2.70. The molecule has 0 saturated carbocycles. The molecular formula is C21H21N3O5. The van der Waals surface area contributed by atoms with Crippen LogP contribution in [0.4, 0.5) is 10.5 Å². The molecule has 8 heteroatoms. The summed E-state index contributed by atoms with van der Waals surface area (Å²) in [6.45, 7) is 1.78. The number of nitrogens with zero attached hydrogens (tertiary/aromatic N) is 2. The molecule has 0 spiro atoms. The lowest BCUT2D eigenvalue weighted by Gasteiger charge is -2.17. The molecule has 29 heavy (non-hydrogen) atoms. The fourth-order valence-electron chi connectivity index (χ4n) is 2.97. The van der Waals surface area contributed by atoms with Crippen LogP contribution in [-0.2, 0) is 14.4 Å². The van der Waals surface area contributed by atoms with Crippen LogP contribution < -0.4 is 15.0 Å². The molecule has 1 heterocycles. The molecule has 0 radical (unpaired) electrons. The number of hydrogen-bond donors (Lipinski definition) is 1. The Morgan fingerprint density at radius 1 is 1.00 bits per heavy atom. The Morgan fingerprint density at radius 3 is 2.28 bits per heavy atom. The van der Waals surface area contributed by atoms with Crippen LogP contribution in [0.1, 0.15) is 18.4 Å². The van der Waals surface area contributed by atoms with Gasteiger partial charge >= 0.3 is 17.8 Å². The SMILES string of the molecule is COc1ccc(N2C(=O)C(=O)N(CC(=O)NC[C@@H](C)c3ccccc3)C2=O)cc1. The summed E-state index contributed by atoms with van der Waals surface area (Å²) in [5.74, 6) is -1.94. The van der Waals surface area contributed by atoms with Crippen LogP contribution in [0.25, 0.3) is 0 Å². The van der Waals surface area contributed by atoms with Crippen LogP contribution in [0.3, 0.4) is 0 Å². The number of anilines is 1. The van der Waals surface area contributed by atoms with Crippen LogP contribution >= 0.6 is 0 Å². The van der Waals surface area contributed by atoms with Crippen LogP contribution in [0.5, 0.6) is 5.75 Å². The number of benzene rings is 2. The highest BCUT2D eigenvalue weighted by Gasteiger charge is 2.46. The van der Waals surface area contributed by atoms with Crippen molar-refractivity contribution in [1.29, 1.82) is 0 Å². The number of ether oxygens (including phenoxy) is 1. The van der Waals surface area contributed by atoms with Gasteiger partial charge in [-0.25, -0.2) is 14.6 Å². The quantitative estimate of drug-likeness (QED) is 0.571. The molecule has 1 N–H and O–H groups in total. The number of hydrogen-bond acceptors (Lipinski definition) is 5. The summed E-state index contributed by atoms with van der Waals surface area (Å²) in [7, 11) is 1.49. The predicted octanol–water partition coefficient (Wildman–Crippen LogP) is 1.91. The van der Waals surface area contributed by atoms with Gasteiger partial charge in [0.15, 0.2) is 0 Å². The number of nitrogens with one attached hydrogen (secondary N) is 1. The second-order valence-electron chi connectivity index (χ2n) is 6.63. The predicted molar refractivity (Wildman–Crippen MR) is 105 cm³/mol. The molecule has 1 aliphatic rings. The Balaban J connectivity index is 1.63. The lowest BCUT2D eigenvalue weighted by molar-refractivity contribution is -0.140. The van der Waals surface area contributed by atoms with Crippen molar-refractivity contribution in [3.05, 3.63) is 60.2 Å². The summed E-state index contributed by atoms with van der Waals surface area (Å²) >= 11 is 0. The maximum absolute atomic E-state index is 12.6. The highest BCUT2D eigenvalue weighted by atomic mass is 16.5. The fraction of sp³-hybridized carbons (Fsp3) is 0.238. The Kier molecular flexibility index (Phi) is 5.92. The highest BCUT2D eigenvalue weighted by Crippen LogP contribution is 2.24. The van der Waals surface area contributed by atoms with E-state index in [0.29, 0.717) is 17.2 Å². The second-order valence-corrected chi connectivity index (χ2v) is 6.63. The number of amides is 5. The van der Waals surface area contributed by atoms with Gasteiger partial charge in [0.25, 0.3) is 0 Å². The van der Waals surface area contributed by atoms with E-state index in [2.05, 4.69) is 5.32 Å². The first-order valence-electron chi connectivity index (χ1n) is 9.08. The summed E-state index contributed by atoms with van der Waals surface area (Å²) in [6.07, 6.45) is 0. The molecule has 8 nitrogen and oxygen atoms in total. The van der Waals surface area contributed by atoms with Gasteiger partial charge in [0.1, 0.15) is 12.3 Å². The summed E-state index contributed by atoms with van der Waals surface area (Å²) in [5.41, 5.74) is 1.29. The van der Waals surface area contributed by atoms with Gasteiger partial charge < -0.3 is 10.1 Å². The molecule has 1 aliphatic heterocycles. The van der Waals surface area contributed by atoms with E-state index in [1.165, 1.54) is 19.2 Å². The third kappa shape index (κ3) is 4.26. The molecule has 1 atom stereocenters. The van der Waals surface area contributed by atoms with E-state index >= 15 is 0 Å². The van der Waals surface area contributed by atoms with Crippen molar-refractivity contribution in [3.8, 4) is 5.75 Å². The van der Waals surface area contributed by atoms with Gasteiger partial charge in [0.2, 0.25) is 5.91 Å². The van der Waals surface area contributed by atoms with Gasteiger partial charge in [-0.3, -0.25) is 14.4 Å². The minimum Gasteiger partial charge on any atom is -0.497 e. The summed E-state index contributed by atoms with van der Waals surface area (Å²) in [4.78, 5) is 50.7. The first kappa shape index (κ1) is 20.1. The summed E-state index contributed by atoms with van der Waals surface area (Å²) < 4.78 is 5.04. The molecule has 1 saturated heterocycles. The zero-order valence-electron chi connectivity index (χ0n) is 16.1. The average Bonchev–Trinajstić information content (AvgIpc) is 2.96. The maximum Gasteiger partial charge on any atom is 0.339 e. The first-order valence-corrected chi connectivity index (χ1v) is 9.08. The number of carbonyl (C=O) groups is 4. The monoisotopic (exact) mass is 395 g/mol. The van der Waals surface area contributed by atoms with Crippen molar-refractivity contribution in [1.82, 2.24) is 10.2 Å². The molecule has 2 aromatic rings. The molecule has 150 valence electrons. The molecule has 3 rings (SSSR count). The Morgan fingerprint density at radius 2 is 1.66 bits per heavy atom.